The second kappa shape index (κ2) is 13.2. The molecule has 0 aliphatic rings. The number of hydrogen-bond acceptors (Lipinski definition) is 5. The van der Waals surface area contributed by atoms with Crippen LogP contribution in [-0.2, 0) is 19.1 Å². The highest BCUT2D eigenvalue weighted by Gasteiger charge is 2.51. The molecule has 43 heavy (non-hydrogen) atoms. The van der Waals surface area contributed by atoms with E-state index in [0.29, 0.717) is 6.42 Å². The van der Waals surface area contributed by atoms with Crippen LogP contribution in [0.3, 0.4) is 0 Å². The Labute approximate surface area is 262 Å². The van der Waals surface area contributed by atoms with Crippen molar-refractivity contribution < 1.29 is 34.4 Å². The van der Waals surface area contributed by atoms with Gasteiger partial charge in [-0.25, -0.2) is 0 Å². The fourth-order valence-corrected chi connectivity index (χ4v) is 6.88. The Hall–Kier alpha value is -1.93. The van der Waals surface area contributed by atoms with Crippen LogP contribution in [0.5, 0.6) is 0 Å². The number of carboxylic acid groups (broad SMARTS) is 3. The Morgan fingerprint density at radius 1 is 0.698 bits per heavy atom. The molecule has 3 unspecified atom stereocenters. The molecule has 0 aromatic rings. The van der Waals surface area contributed by atoms with Crippen molar-refractivity contribution in [2.24, 2.45) is 44.6 Å². The van der Waals surface area contributed by atoms with E-state index in [4.69, 9.17) is 10.5 Å². The molecule has 0 fully saturated rings. The fraction of sp³-hybridized carbons (Fsp3) is 0.857. The van der Waals surface area contributed by atoms with Crippen molar-refractivity contribution >= 4 is 17.9 Å². The highest BCUT2D eigenvalue weighted by molar-refractivity contribution is 5.78. The van der Waals surface area contributed by atoms with Gasteiger partial charge in [-0.05, 0) is 86.9 Å². The summed E-state index contributed by atoms with van der Waals surface area (Å²) >= 11 is 0. The molecule has 0 aromatic carbocycles. The van der Waals surface area contributed by atoms with Crippen LogP contribution >= 0.6 is 0 Å². The molecular weight excluding hydrogens is 546 g/mol. The normalized spacial score (nSPS) is 17.4. The van der Waals surface area contributed by atoms with E-state index in [-0.39, 0.29) is 22.7 Å². The van der Waals surface area contributed by atoms with Gasteiger partial charge in [-0.15, -0.1) is 0 Å². The Morgan fingerprint density at radius 2 is 1.12 bits per heavy atom. The number of rotatable bonds is 17. The molecule has 0 rings (SSSR count). The zero-order valence-electron chi connectivity index (χ0n) is 30.2. The van der Waals surface area contributed by atoms with E-state index in [1.54, 1.807) is 0 Å². The van der Waals surface area contributed by atoms with E-state index in [9.17, 15) is 29.7 Å². The molecule has 8 heteroatoms. The van der Waals surface area contributed by atoms with Crippen molar-refractivity contribution in [2.45, 2.75) is 153 Å². The van der Waals surface area contributed by atoms with E-state index in [0.717, 1.165) is 6.42 Å². The minimum absolute atomic E-state index is 0.0763. The Bertz CT molecular complexity index is 1020. The molecule has 0 heterocycles. The molecule has 0 radical (unpaired) electrons. The van der Waals surface area contributed by atoms with Gasteiger partial charge < -0.3 is 25.8 Å². The SMILES string of the molecule is CC(C)(C)CC(C)(C)C(/C=C/C(C)(C)CC(C)(C)C(C)(C)OC(C)(C)C(C)(C)CC(C)(N)C(=O)O)C(CC(=O)O)C(=O)O. The summed E-state index contributed by atoms with van der Waals surface area (Å²) in [7, 11) is 0. The van der Waals surface area contributed by atoms with Crippen molar-refractivity contribution in [3.63, 3.8) is 0 Å². The average Bonchev–Trinajstić information content (AvgIpc) is 2.67. The summed E-state index contributed by atoms with van der Waals surface area (Å²) in [6.07, 6.45) is 5.18. The number of hydrogen-bond donors (Lipinski definition) is 4. The van der Waals surface area contributed by atoms with E-state index >= 15 is 0 Å². The minimum Gasteiger partial charge on any atom is -0.481 e. The Balaban J connectivity index is 6.40. The van der Waals surface area contributed by atoms with E-state index in [1.165, 1.54) is 6.92 Å². The monoisotopic (exact) mass is 611 g/mol. The minimum atomic E-state index is -1.40. The number of ether oxygens (including phenoxy) is 1. The second-order valence-corrected chi connectivity index (χ2v) is 18.1. The smallest absolute Gasteiger partial charge is 0.323 e. The van der Waals surface area contributed by atoms with Crippen molar-refractivity contribution in [3.05, 3.63) is 12.2 Å². The summed E-state index contributed by atoms with van der Waals surface area (Å²) in [6, 6.07) is 0. The van der Waals surface area contributed by atoms with Crippen molar-refractivity contribution in [3.8, 4) is 0 Å². The van der Waals surface area contributed by atoms with Gasteiger partial charge in [0.25, 0.3) is 0 Å². The first-order valence-electron chi connectivity index (χ1n) is 15.5. The van der Waals surface area contributed by atoms with Gasteiger partial charge in [0, 0.05) is 0 Å². The maximum Gasteiger partial charge on any atom is 0.323 e. The third-order valence-corrected chi connectivity index (χ3v) is 9.75. The summed E-state index contributed by atoms with van der Waals surface area (Å²) in [6.45, 7) is 32.4. The largest absolute Gasteiger partial charge is 0.481 e. The standard InChI is InChI=1S/C35H65NO7/c1-28(2,3)20-30(6,7)24(23(26(39)40)19-25(37)38)17-18-29(4,5)21-31(8,9)33(12,13)43-34(14,15)32(10,11)22-35(16,36)27(41)42/h17-18,23-24H,19-22,36H2,1-16H3,(H,37,38)(H,39,40)(H,41,42)/b18-17+. The molecule has 0 saturated heterocycles. The van der Waals surface area contributed by atoms with Crippen LogP contribution in [0, 0.1) is 38.9 Å². The van der Waals surface area contributed by atoms with E-state index < -0.39 is 63.7 Å². The molecule has 252 valence electrons. The lowest BCUT2D eigenvalue weighted by atomic mass is 9.62. The topological polar surface area (TPSA) is 147 Å². The maximum absolute atomic E-state index is 12.4. The molecule has 0 bridgehead atoms. The van der Waals surface area contributed by atoms with Crippen LogP contribution in [0.2, 0.25) is 0 Å². The summed E-state index contributed by atoms with van der Waals surface area (Å²) < 4.78 is 6.86. The molecule has 0 aromatic heterocycles. The predicted octanol–water partition coefficient (Wildman–Crippen LogP) is 8.03. The Morgan fingerprint density at radius 3 is 1.47 bits per heavy atom. The highest BCUT2D eigenvalue weighted by Crippen LogP contribution is 2.50. The second-order valence-electron chi connectivity index (χ2n) is 18.1. The molecule has 5 N–H and O–H groups in total. The fourth-order valence-electron chi connectivity index (χ4n) is 6.88. The Kier molecular flexibility index (Phi) is 12.6. The molecule has 0 aliphatic heterocycles. The zero-order chi connectivity index (χ0) is 34.8. The number of nitrogens with two attached hydrogens (primary N) is 1. The van der Waals surface area contributed by atoms with Gasteiger partial charge in [-0.2, -0.15) is 0 Å². The molecule has 3 atom stereocenters. The summed E-state index contributed by atoms with van der Waals surface area (Å²) in [5, 5.41) is 29.3. The molecule has 8 nitrogen and oxygen atoms in total. The maximum atomic E-state index is 12.4. The van der Waals surface area contributed by atoms with Crippen LogP contribution in [0.25, 0.3) is 0 Å². The van der Waals surface area contributed by atoms with Crippen molar-refractivity contribution in [2.75, 3.05) is 0 Å². The number of carboxylic acids is 3. The first-order valence-corrected chi connectivity index (χ1v) is 15.5. The van der Waals surface area contributed by atoms with Crippen LogP contribution in [0.1, 0.15) is 136 Å². The van der Waals surface area contributed by atoms with Gasteiger partial charge in [0.05, 0.1) is 23.5 Å². The quantitative estimate of drug-likeness (QED) is 0.121. The molecular formula is C35H65NO7. The van der Waals surface area contributed by atoms with E-state index in [1.807, 2.05) is 61.5 Å². The summed E-state index contributed by atoms with van der Waals surface area (Å²) in [4.78, 5) is 35.8. The number of aliphatic carboxylic acids is 3. The first-order chi connectivity index (χ1) is 18.6. The molecule has 0 amide bonds. The lowest BCUT2D eigenvalue weighted by molar-refractivity contribution is -0.221. The van der Waals surface area contributed by atoms with Gasteiger partial charge in [0.1, 0.15) is 5.54 Å². The van der Waals surface area contributed by atoms with Crippen molar-refractivity contribution in [1.29, 1.82) is 0 Å². The highest BCUT2D eigenvalue weighted by atomic mass is 16.5. The summed E-state index contributed by atoms with van der Waals surface area (Å²) in [5.41, 5.74) is 1.48. The zero-order valence-corrected chi connectivity index (χ0v) is 30.2. The molecule has 0 saturated carbocycles. The predicted molar refractivity (Wildman–Crippen MR) is 174 cm³/mol. The van der Waals surface area contributed by atoms with Crippen LogP contribution < -0.4 is 5.73 Å². The summed E-state index contributed by atoms with van der Waals surface area (Å²) in [5.74, 6) is -4.83. The van der Waals surface area contributed by atoms with E-state index in [2.05, 4.69) is 54.5 Å². The van der Waals surface area contributed by atoms with Gasteiger partial charge in [0.15, 0.2) is 0 Å². The van der Waals surface area contributed by atoms with Gasteiger partial charge >= 0.3 is 17.9 Å². The van der Waals surface area contributed by atoms with Gasteiger partial charge in [0.2, 0.25) is 0 Å². The lowest BCUT2D eigenvalue weighted by Gasteiger charge is -2.53. The van der Waals surface area contributed by atoms with Crippen LogP contribution in [-0.4, -0.2) is 50.0 Å². The lowest BCUT2D eigenvalue weighted by Crippen LogP contribution is -2.57. The third-order valence-electron chi connectivity index (χ3n) is 9.75. The first kappa shape index (κ1) is 41.1. The molecule has 0 spiro atoms. The number of allylic oxidation sites excluding steroid dienone is 2. The van der Waals surface area contributed by atoms with Crippen LogP contribution in [0.4, 0.5) is 0 Å². The van der Waals surface area contributed by atoms with Gasteiger partial charge in [-0.1, -0.05) is 88.3 Å². The third kappa shape index (κ3) is 11.8. The van der Waals surface area contributed by atoms with Gasteiger partial charge in [-0.3, -0.25) is 14.4 Å². The van der Waals surface area contributed by atoms with Crippen LogP contribution in [0.15, 0.2) is 12.2 Å². The average molecular weight is 612 g/mol. The number of carbonyl (C=O) groups is 3. The van der Waals surface area contributed by atoms with Crippen molar-refractivity contribution in [1.82, 2.24) is 0 Å². The molecule has 0 aliphatic carbocycles.